The van der Waals surface area contributed by atoms with Crippen molar-refractivity contribution in [3.05, 3.63) is 29.1 Å². The zero-order valence-corrected chi connectivity index (χ0v) is 13.2. The molecule has 0 bridgehead atoms. The standard InChI is InChI=1S/C13H19FN2O2S2/c1-9-5-12(6-11(7-15)13(9)14)20(17,18)16-3-4-19-8-10(16)2/h5-6,10H,3-4,7-8,15H2,1-2H3. The van der Waals surface area contributed by atoms with Gasteiger partial charge in [-0.25, -0.2) is 12.8 Å². The fourth-order valence-electron chi connectivity index (χ4n) is 2.31. The molecule has 1 aromatic rings. The maximum Gasteiger partial charge on any atom is 0.243 e. The van der Waals surface area contributed by atoms with Crippen LogP contribution < -0.4 is 5.73 Å². The van der Waals surface area contributed by atoms with E-state index in [9.17, 15) is 12.8 Å². The lowest BCUT2D eigenvalue weighted by molar-refractivity contribution is 0.367. The van der Waals surface area contributed by atoms with Crippen LogP contribution in [0.1, 0.15) is 18.1 Å². The topological polar surface area (TPSA) is 63.4 Å². The number of aryl methyl sites for hydroxylation is 1. The lowest BCUT2D eigenvalue weighted by atomic mass is 10.1. The molecule has 1 heterocycles. The SMILES string of the molecule is Cc1cc(S(=O)(=O)N2CCSCC2C)cc(CN)c1F. The molecule has 2 N–H and O–H groups in total. The molecule has 0 spiro atoms. The second-order valence-electron chi connectivity index (χ2n) is 4.96. The fraction of sp³-hybridized carbons (Fsp3) is 0.538. The first-order valence-electron chi connectivity index (χ1n) is 6.46. The number of sulfonamides is 1. The van der Waals surface area contributed by atoms with Gasteiger partial charge in [0.2, 0.25) is 10.0 Å². The minimum atomic E-state index is -3.59. The van der Waals surface area contributed by atoms with Gasteiger partial charge in [-0.1, -0.05) is 0 Å². The molecule has 0 amide bonds. The molecule has 0 aliphatic carbocycles. The highest BCUT2D eigenvalue weighted by molar-refractivity contribution is 7.99. The van der Waals surface area contributed by atoms with Crippen LogP contribution in [0.3, 0.4) is 0 Å². The number of nitrogens with zero attached hydrogens (tertiary/aromatic N) is 1. The maximum absolute atomic E-state index is 13.8. The van der Waals surface area contributed by atoms with Crippen LogP contribution in [-0.2, 0) is 16.6 Å². The lowest BCUT2D eigenvalue weighted by Crippen LogP contribution is -2.44. The van der Waals surface area contributed by atoms with Crippen molar-refractivity contribution in [2.24, 2.45) is 5.73 Å². The highest BCUT2D eigenvalue weighted by Crippen LogP contribution is 2.26. The minimum Gasteiger partial charge on any atom is -0.326 e. The van der Waals surface area contributed by atoms with Crippen LogP contribution >= 0.6 is 11.8 Å². The summed E-state index contributed by atoms with van der Waals surface area (Å²) >= 11 is 1.75. The first-order valence-corrected chi connectivity index (χ1v) is 9.06. The van der Waals surface area contributed by atoms with Gasteiger partial charge in [0.1, 0.15) is 5.82 Å². The average Bonchev–Trinajstić information content (AvgIpc) is 2.41. The van der Waals surface area contributed by atoms with Gasteiger partial charge in [-0.2, -0.15) is 16.1 Å². The van der Waals surface area contributed by atoms with E-state index in [0.29, 0.717) is 12.1 Å². The molecule has 7 heteroatoms. The van der Waals surface area contributed by atoms with E-state index in [1.807, 2.05) is 6.92 Å². The Bertz CT molecular complexity index is 605. The zero-order valence-electron chi connectivity index (χ0n) is 11.6. The summed E-state index contributed by atoms with van der Waals surface area (Å²) in [6.07, 6.45) is 0. The average molecular weight is 318 g/mol. The number of nitrogens with two attached hydrogens (primary N) is 1. The Morgan fingerprint density at radius 3 is 2.80 bits per heavy atom. The third kappa shape index (κ3) is 2.86. The predicted octanol–water partition coefficient (Wildman–Crippen LogP) is 1.72. The number of halogens is 1. The largest absolute Gasteiger partial charge is 0.326 e. The predicted molar refractivity (Wildman–Crippen MR) is 79.7 cm³/mol. The summed E-state index contributed by atoms with van der Waals surface area (Å²) in [6.45, 7) is 3.93. The first-order chi connectivity index (χ1) is 9.37. The monoisotopic (exact) mass is 318 g/mol. The van der Waals surface area contributed by atoms with E-state index in [-0.39, 0.29) is 23.0 Å². The van der Waals surface area contributed by atoms with Gasteiger partial charge in [0, 0.05) is 36.2 Å². The molecule has 0 aromatic heterocycles. The van der Waals surface area contributed by atoms with Gasteiger partial charge >= 0.3 is 0 Å². The van der Waals surface area contributed by atoms with Crippen LogP contribution in [-0.4, -0.2) is 36.8 Å². The Balaban J connectivity index is 2.46. The molecule has 1 aromatic carbocycles. The molecule has 1 atom stereocenters. The summed E-state index contributed by atoms with van der Waals surface area (Å²) in [5.74, 6) is 1.14. The van der Waals surface area contributed by atoms with Crippen molar-refractivity contribution in [3.63, 3.8) is 0 Å². The van der Waals surface area contributed by atoms with Crippen LogP contribution in [0.15, 0.2) is 17.0 Å². The van der Waals surface area contributed by atoms with Crippen molar-refractivity contribution in [1.29, 1.82) is 0 Å². The van der Waals surface area contributed by atoms with E-state index in [0.717, 1.165) is 11.5 Å². The quantitative estimate of drug-likeness (QED) is 0.922. The molecular weight excluding hydrogens is 299 g/mol. The van der Waals surface area contributed by atoms with Crippen LogP contribution in [0.4, 0.5) is 4.39 Å². The van der Waals surface area contributed by atoms with Crippen LogP contribution in [0.5, 0.6) is 0 Å². The summed E-state index contributed by atoms with van der Waals surface area (Å²) in [7, 11) is -3.59. The van der Waals surface area contributed by atoms with E-state index in [1.165, 1.54) is 16.4 Å². The third-order valence-corrected chi connectivity index (χ3v) is 6.62. The Labute approximate surface area is 123 Å². The van der Waals surface area contributed by atoms with Crippen LogP contribution in [0.2, 0.25) is 0 Å². The van der Waals surface area contributed by atoms with E-state index in [4.69, 9.17) is 5.73 Å². The van der Waals surface area contributed by atoms with Crippen LogP contribution in [0, 0.1) is 12.7 Å². The molecule has 1 aliphatic heterocycles. The molecule has 1 saturated heterocycles. The second-order valence-corrected chi connectivity index (χ2v) is 8.00. The normalized spacial score (nSPS) is 21.1. The van der Waals surface area contributed by atoms with Crippen LogP contribution in [0.25, 0.3) is 0 Å². The van der Waals surface area contributed by atoms with Gasteiger partial charge in [0.25, 0.3) is 0 Å². The molecule has 1 unspecified atom stereocenters. The molecule has 0 radical (unpaired) electrons. The van der Waals surface area contributed by atoms with Crippen molar-refractivity contribution in [1.82, 2.24) is 4.31 Å². The fourth-order valence-corrected chi connectivity index (χ4v) is 5.30. The minimum absolute atomic E-state index is 0.0125. The van der Waals surface area contributed by atoms with Gasteiger partial charge < -0.3 is 5.73 Å². The molecule has 112 valence electrons. The molecule has 4 nitrogen and oxygen atoms in total. The molecular formula is C13H19FN2O2S2. The molecule has 1 fully saturated rings. The van der Waals surface area contributed by atoms with Crippen molar-refractivity contribution in [2.75, 3.05) is 18.1 Å². The summed E-state index contributed by atoms with van der Waals surface area (Å²) in [5, 5.41) is 0. The number of rotatable bonds is 3. The Morgan fingerprint density at radius 1 is 1.50 bits per heavy atom. The summed E-state index contributed by atoms with van der Waals surface area (Å²) in [5.41, 5.74) is 6.03. The van der Waals surface area contributed by atoms with Crippen molar-refractivity contribution in [3.8, 4) is 0 Å². The smallest absolute Gasteiger partial charge is 0.243 e. The van der Waals surface area contributed by atoms with Crippen molar-refractivity contribution in [2.45, 2.75) is 31.3 Å². The number of thioether (sulfide) groups is 1. The third-order valence-electron chi connectivity index (χ3n) is 3.44. The highest BCUT2D eigenvalue weighted by Gasteiger charge is 2.31. The van der Waals surface area contributed by atoms with Gasteiger partial charge in [0.15, 0.2) is 0 Å². The zero-order chi connectivity index (χ0) is 14.9. The van der Waals surface area contributed by atoms with E-state index >= 15 is 0 Å². The van der Waals surface area contributed by atoms with E-state index in [1.54, 1.807) is 18.7 Å². The molecule has 2 rings (SSSR count). The van der Waals surface area contributed by atoms with Gasteiger partial charge in [-0.15, -0.1) is 0 Å². The number of hydrogen-bond donors (Lipinski definition) is 1. The van der Waals surface area contributed by atoms with Crippen molar-refractivity contribution < 1.29 is 12.8 Å². The van der Waals surface area contributed by atoms with E-state index in [2.05, 4.69) is 0 Å². The first kappa shape index (κ1) is 15.8. The molecule has 20 heavy (non-hydrogen) atoms. The molecule has 1 aliphatic rings. The Morgan fingerprint density at radius 2 is 2.20 bits per heavy atom. The van der Waals surface area contributed by atoms with Gasteiger partial charge in [0.05, 0.1) is 4.90 Å². The Kier molecular flexibility index (Phi) is 4.73. The number of hydrogen-bond acceptors (Lipinski definition) is 4. The summed E-state index contributed by atoms with van der Waals surface area (Å²) in [4.78, 5) is 0.135. The van der Waals surface area contributed by atoms with E-state index < -0.39 is 15.8 Å². The van der Waals surface area contributed by atoms with Gasteiger partial charge in [-0.3, -0.25) is 0 Å². The lowest BCUT2D eigenvalue weighted by Gasteiger charge is -2.32. The maximum atomic E-state index is 13.8. The Hall–Kier alpha value is -0.630. The molecule has 0 saturated carbocycles. The highest BCUT2D eigenvalue weighted by atomic mass is 32.2. The number of benzene rings is 1. The van der Waals surface area contributed by atoms with Crippen molar-refractivity contribution >= 4 is 21.8 Å². The second kappa shape index (κ2) is 6.01. The summed E-state index contributed by atoms with van der Waals surface area (Å²) < 4.78 is 40.7. The van der Waals surface area contributed by atoms with Gasteiger partial charge in [-0.05, 0) is 31.5 Å². The summed E-state index contributed by atoms with van der Waals surface area (Å²) in [6, 6.07) is 2.69.